The Balaban J connectivity index is 1.79. The molecule has 2 aromatic rings. The molecule has 4 heteroatoms. The molecule has 1 heterocycles. The number of aromatic nitrogens is 3. The normalized spacial score (nSPS) is 17.0. The van der Waals surface area contributed by atoms with Crippen molar-refractivity contribution in [2.24, 2.45) is 0 Å². The molecular formula is C13H16N4. The molecule has 0 spiro atoms. The smallest absolute Gasteiger partial charge is 0.0850 e. The Morgan fingerprint density at radius 1 is 1.29 bits per heavy atom. The summed E-state index contributed by atoms with van der Waals surface area (Å²) in [4.78, 5) is 0. The molecule has 0 bridgehead atoms. The van der Waals surface area contributed by atoms with Crippen LogP contribution in [0.2, 0.25) is 0 Å². The minimum Gasteiger partial charge on any atom is -0.314 e. The lowest BCUT2D eigenvalue weighted by Crippen LogP contribution is -2.29. The van der Waals surface area contributed by atoms with Crippen LogP contribution in [-0.2, 0) is 6.42 Å². The summed E-state index contributed by atoms with van der Waals surface area (Å²) >= 11 is 0. The van der Waals surface area contributed by atoms with Crippen LogP contribution >= 0.6 is 0 Å². The molecule has 1 fully saturated rings. The predicted molar refractivity (Wildman–Crippen MR) is 66.1 cm³/mol. The maximum atomic E-state index is 4.24. The highest BCUT2D eigenvalue weighted by Gasteiger charge is 2.41. The van der Waals surface area contributed by atoms with Gasteiger partial charge < -0.3 is 5.32 Å². The van der Waals surface area contributed by atoms with Crippen molar-refractivity contribution in [3.63, 3.8) is 0 Å². The largest absolute Gasteiger partial charge is 0.314 e. The van der Waals surface area contributed by atoms with E-state index in [-0.39, 0.29) is 5.54 Å². The van der Waals surface area contributed by atoms with Gasteiger partial charge in [-0.2, -0.15) is 0 Å². The SMILES string of the molecule is CNC1(Cc2cn(-c3ccccc3)nn2)CC1. The molecule has 0 unspecified atom stereocenters. The lowest BCUT2D eigenvalue weighted by Gasteiger charge is -2.10. The molecule has 1 aliphatic rings. The maximum Gasteiger partial charge on any atom is 0.0850 e. The molecule has 3 rings (SSSR count). The molecule has 0 radical (unpaired) electrons. The maximum absolute atomic E-state index is 4.24. The van der Waals surface area contributed by atoms with Crippen LogP contribution in [0.1, 0.15) is 18.5 Å². The van der Waals surface area contributed by atoms with E-state index in [1.54, 1.807) is 0 Å². The first-order valence-electron chi connectivity index (χ1n) is 5.97. The van der Waals surface area contributed by atoms with Crippen LogP contribution in [-0.4, -0.2) is 27.6 Å². The summed E-state index contributed by atoms with van der Waals surface area (Å²) < 4.78 is 1.83. The van der Waals surface area contributed by atoms with Crippen molar-refractivity contribution in [3.05, 3.63) is 42.2 Å². The Hall–Kier alpha value is -1.68. The summed E-state index contributed by atoms with van der Waals surface area (Å²) in [5.74, 6) is 0. The summed E-state index contributed by atoms with van der Waals surface area (Å²) in [7, 11) is 2.02. The third kappa shape index (κ3) is 2.08. The van der Waals surface area contributed by atoms with Crippen LogP contribution in [0.3, 0.4) is 0 Å². The van der Waals surface area contributed by atoms with Crippen molar-refractivity contribution in [1.82, 2.24) is 20.3 Å². The van der Waals surface area contributed by atoms with E-state index < -0.39 is 0 Å². The second kappa shape index (κ2) is 3.96. The van der Waals surface area contributed by atoms with Gasteiger partial charge in [-0.15, -0.1) is 5.10 Å². The first-order chi connectivity index (χ1) is 8.31. The number of nitrogens with one attached hydrogen (secondary N) is 1. The Kier molecular flexibility index (Phi) is 2.44. The minimum absolute atomic E-state index is 0.289. The first-order valence-corrected chi connectivity index (χ1v) is 5.97. The molecule has 0 amide bonds. The molecular weight excluding hydrogens is 212 g/mol. The highest BCUT2D eigenvalue weighted by molar-refractivity contribution is 5.30. The second-order valence-corrected chi connectivity index (χ2v) is 4.70. The molecule has 0 saturated heterocycles. The van der Waals surface area contributed by atoms with Crippen molar-refractivity contribution in [1.29, 1.82) is 0 Å². The zero-order valence-corrected chi connectivity index (χ0v) is 9.93. The quantitative estimate of drug-likeness (QED) is 0.863. The van der Waals surface area contributed by atoms with Gasteiger partial charge in [0, 0.05) is 12.0 Å². The minimum atomic E-state index is 0.289. The van der Waals surface area contributed by atoms with Gasteiger partial charge in [-0.25, -0.2) is 4.68 Å². The van der Waals surface area contributed by atoms with Gasteiger partial charge in [-0.05, 0) is 32.0 Å². The molecule has 0 atom stereocenters. The second-order valence-electron chi connectivity index (χ2n) is 4.70. The van der Waals surface area contributed by atoms with E-state index in [2.05, 4.69) is 15.6 Å². The molecule has 88 valence electrons. The monoisotopic (exact) mass is 228 g/mol. The van der Waals surface area contributed by atoms with Gasteiger partial charge in [0.15, 0.2) is 0 Å². The van der Waals surface area contributed by atoms with Gasteiger partial charge >= 0.3 is 0 Å². The van der Waals surface area contributed by atoms with E-state index in [4.69, 9.17) is 0 Å². The van der Waals surface area contributed by atoms with Crippen molar-refractivity contribution >= 4 is 0 Å². The topological polar surface area (TPSA) is 42.7 Å². The molecule has 0 aliphatic heterocycles. The van der Waals surface area contributed by atoms with E-state index >= 15 is 0 Å². The van der Waals surface area contributed by atoms with Crippen molar-refractivity contribution in [2.75, 3.05) is 7.05 Å². The van der Waals surface area contributed by atoms with E-state index in [0.717, 1.165) is 17.8 Å². The number of likely N-dealkylation sites (N-methyl/N-ethyl adjacent to an activating group) is 1. The van der Waals surface area contributed by atoms with Crippen LogP contribution in [0.4, 0.5) is 0 Å². The van der Waals surface area contributed by atoms with Gasteiger partial charge in [0.1, 0.15) is 0 Å². The number of nitrogens with zero attached hydrogens (tertiary/aromatic N) is 3. The Labute approximate surface area is 101 Å². The van der Waals surface area contributed by atoms with Gasteiger partial charge in [-0.3, -0.25) is 0 Å². The van der Waals surface area contributed by atoms with Crippen molar-refractivity contribution in [3.8, 4) is 5.69 Å². The highest BCUT2D eigenvalue weighted by Crippen LogP contribution is 2.37. The molecule has 17 heavy (non-hydrogen) atoms. The average molecular weight is 228 g/mol. The molecule has 1 aromatic carbocycles. The Bertz CT molecular complexity index is 499. The summed E-state index contributed by atoms with van der Waals surface area (Å²) in [5.41, 5.74) is 2.40. The summed E-state index contributed by atoms with van der Waals surface area (Å²) in [5, 5.41) is 11.8. The van der Waals surface area contributed by atoms with Gasteiger partial charge in [0.25, 0.3) is 0 Å². The summed E-state index contributed by atoms with van der Waals surface area (Å²) in [6, 6.07) is 10.1. The molecule has 1 aromatic heterocycles. The van der Waals surface area contributed by atoms with Crippen molar-refractivity contribution in [2.45, 2.75) is 24.8 Å². The van der Waals surface area contributed by atoms with E-state index in [1.165, 1.54) is 12.8 Å². The van der Waals surface area contributed by atoms with E-state index in [0.29, 0.717) is 0 Å². The Morgan fingerprint density at radius 2 is 2.06 bits per heavy atom. The van der Waals surface area contributed by atoms with Crippen LogP contribution in [0.25, 0.3) is 5.69 Å². The first kappa shape index (κ1) is 10.5. The molecule has 4 nitrogen and oxygen atoms in total. The fraction of sp³-hybridized carbons (Fsp3) is 0.385. The number of para-hydroxylation sites is 1. The third-order valence-electron chi connectivity index (χ3n) is 3.46. The van der Waals surface area contributed by atoms with Crippen LogP contribution < -0.4 is 5.32 Å². The van der Waals surface area contributed by atoms with Crippen LogP contribution in [0.5, 0.6) is 0 Å². The summed E-state index contributed by atoms with van der Waals surface area (Å²) in [6.45, 7) is 0. The Morgan fingerprint density at radius 3 is 2.71 bits per heavy atom. The van der Waals surface area contributed by atoms with Crippen LogP contribution in [0.15, 0.2) is 36.5 Å². The fourth-order valence-electron chi connectivity index (χ4n) is 2.10. The number of hydrogen-bond acceptors (Lipinski definition) is 3. The van der Waals surface area contributed by atoms with Gasteiger partial charge in [0.05, 0.1) is 17.6 Å². The van der Waals surface area contributed by atoms with Gasteiger partial charge in [0.2, 0.25) is 0 Å². The standard InChI is InChI=1S/C13H16N4/c1-14-13(7-8-13)9-11-10-17(16-15-11)12-5-3-2-4-6-12/h2-6,10,14H,7-9H2,1H3. The zero-order valence-electron chi connectivity index (χ0n) is 9.93. The lowest BCUT2D eigenvalue weighted by atomic mass is 10.1. The fourth-order valence-corrected chi connectivity index (χ4v) is 2.10. The molecule has 1 aliphatic carbocycles. The predicted octanol–water partition coefficient (Wildman–Crippen LogP) is 1.56. The molecule has 1 saturated carbocycles. The third-order valence-corrected chi connectivity index (χ3v) is 3.46. The molecule has 1 N–H and O–H groups in total. The lowest BCUT2D eigenvalue weighted by molar-refractivity contribution is 0.541. The van der Waals surface area contributed by atoms with Crippen LogP contribution in [0, 0.1) is 0 Å². The number of hydrogen-bond donors (Lipinski definition) is 1. The van der Waals surface area contributed by atoms with Crippen molar-refractivity contribution < 1.29 is 0 Å². The average Bonchev–Trinajstić information content (AvgIpc) is 3.00. The highest BCUT2D eigenvalue weighted by atomic mass is 15.4. The van der Waals surface area contributed by atoms with E-state index in [1.807, 2.05) is 48.3 Å². The number of benzene rings is 1. The zero-order chi connectivity index (χ0) is 11.7. The van der Waals surface area contributed by atoms with Gasteiger partial charge in [-0.1, -0.05) is 23.4 Å². The number of rotatable bonds is 4. The summed E-state index contributed by atoms with van der Waals surface area (Å²) in [6.07, 6.45) is 5.46. The van der Waals surface area contributed by atoms with E-state index in [9.17, 15) is 0 Å².